The van der Waals surface area contributed by atoms with Crippen molar-refractivity contribution in [1.29, 1.82) is 0 Å². The Morgan fingerprint density at radius 1 is 0.531 bits per heavy atom. The molecule has 0 spiro atoms. The van der Waals surface area contributed by atoms with Crippen molar-refractivity contribution in [2.45, 2.75) is 0 Å². The Labute approximate surface area is 189 Å². The van der Waals surface area contributed by atoms with Gasteiger partial charge < -0.3 is 0 Å². The maximum absolute atomic E-state index is 6.27. The number of aromatic nitrogens is 4. The fourth-order valence-corrected chi connectivity index (χ4v) is 4.27. The molecule has 2 heterocycles. The van der Waals surface area contributed by atoms with E-state index >= 15 is 0 Å². The summed E-state index contributed by atoms with van der Waals surface area (Å²) in [6.07, 6.45) is 0. The molecule has 2 aromatic heterocycles. The smallest absolute Gasteiger partial charge is 0.238 e. The van der Waals surface area contributed by atoms with E-state index in [-0.39, 0.29) is 0 Å². The molecule has 4 nitrogen and oxygen atoms in total. The van der Waals surface area contributed by atoms with Crippen molar-refractivity contribution in [2.75, 3.05) is 0 Å². The van der Waals surface area contributed by atoms with Crippen LogP contribution in [0.2, 0.25) is 5.02 Å². The fraction of sp³-hybridized carbons (Fsp3) is 0. The minimum atomic E-state index is 0.575. The van der Waals surface area contributed by atoms with Crippen molar-refractivity contribution >= 4 is 33.4 Å². The molecule has 0 saturated carbocycles. The minimum Gasteiger partial charge on any atom is -0.278 e. The lowest BCUT2D eigenvalue weighted by Crippen LogP contribution is -2.06. The summed E-state index contributed by atoms with van der Waals surface area (Å²) in [7, 11) is 0. The Bertz CT molecular complexity index is 1540. The van der Waals surface area contributed by atoms with Crippen molar-refractivity contribution in [3.05, 3.63) is 108 Å². The van der Waals surface area contributed by atoms with E-state index < -0.39 is 0 Å². The average molecular weight is 433 g/mol. The number of halogens is 1. The molecule has 0 amide bonds. The molecular formula is C27H17ClN4. The number of rotatable bonds is 3. The van der Waals surface area contributed by atoms with Crippen LogP contribution in [0.3, 0.4) is 0 Å². The Morgan fingerprint density at radius 2 is 1.09 bits per heavy atom. The Morgan fingerprint density at radius 3 is 1.75 bits per heavy atom. The van der Waals surface area contributed by atoms with Gasteiger partial charge >= 0.3 is 0 Å². The summed E-state index contributed by atoms with van der Waals surface area (Å²) in [4.78, 5) is 14.6. The molecule has 6 rings (SSSR count). The summed E-state index contributed by atoms with van der Waals surface area (Å²) in [5, 5.41) is 2.96. The van der Waals surface area contributed by atoms with Gasteiger partial charge in [0, 0.05) is 26.9 Å². The van der Waals surface area contributed by atoms with Crippen molar-refractivity contribution in [3.63, 3.8) is 0 Å². The van der Waals surface area contributed by atoms with Gasteiger partial charge in [-0.3, -0.25) is 4.57 Å². The first-order valence-corrected chi connectivity index (χ1v) is 10.7. The van der Waals surface area contributed by atoms with Gasteiger partial charge in [0.05, 0.1) is 11.0 Å². The van der Waals surface area contributed by atoms with E-state index in [0.29, 0.717) is 22.6 Å². The molecule has 0 atom stereocenters. The number of hydrogen-bond donors (Lipinski definition) is 0. The van der Waals surface area contributed by atoms with Crippen LogP contribution in [0.25, 0.3) is 50.5 Å². The summed E-state index contributed by atoms with van der Waals surface area (Å²) in [6, 6.07) is 34.2. The lowest BCUT2D eigenvalue weighted by Gasteiger charge is -2.11. The highest BCUT2D eigenvalue weighted by atomic mass is 35.5. The summed E-state index contributed by atoms with van der Waals surface area (Å²) in [5.41, 5.74) is 3.88. The van der Waals surface area contributed by atoms with Crippen LogP contribution < -0.4 is 0 Å². The second kappa shape index (κ2) is 7.59. The lowest BCUT2D eigenvalue weighted by molar-refractivity contribution is 0.953. The highest BCUT2D eigenvalue weighted by molar-refractivity contribution is 6.30. The van der Waals surface area contributed by atoms with E-state index in [1.54, 1.807) is 0 Å². The Hall–Kier alpha value is -4.02. The van der Waals surface area contributed by atoms with Crippen LogP contribution in [0.5, 0.6) is 0 Å². The maximum Gasteiger partial charge on any atom is 0.238 e. The van der Waals surface area contributed by atoms with Gasteiger partial charge in [0.2, 0.25) is 5.95 Å². The minimum absolute atomic E-state index is 0.575. The third-order valence-electron chi connectivity index (χ3n) is 5.52. The molecule has 6 aromatic rings. The molecule has 4 aromatic carbocycles. The molecule has 0 N–H and O–H groups in total. The molecule has 0 aliphatic rings. The van der Waals surface area contributed by atoms with E-state index in [1.807, 2.05) is 66.7 Å². The molecule has 0 bridgehead atoms. The second-order valence-corrected chi connectivity index (χ2v) is 7.97. The molecule has 32 heavy (non-hydrogen) atoms. The van der Waals surface area contributed by atoms with Crippen LogP contribution >= 0.6 is 11.6 Å². The fourth-order valence-electron chi connectivity index (χ4n) is 4.08. The van der Waals surface area contributed by atoms with Crippen molar-refractivity contribution in [2.24, 2.45) is 0 Å². The molecule has 0 aliphatic carbocycles. The Balaban J connectivity index is 1.69. The third kappa shape index (κ3) is 3.13. The monoisotopic (exact) mass is 432 g/mol. The van der Waals surface area contributed by atoms with E-state index in [1.165, 1.54) is 0 Å². The molecule has 0 fully saturated rings. The number of hydrogen-bond acceptors (Lipinski definition) is 3. The Kier molecular flexibility index (Phi) is 4.44. The zero-order chi connectivity index (χ0) is 21.5. The van der Waals surface area contributed by atoms with E-state index in [2.05, 4.69) is 41.0 Å². The number of nitrogens with zero attached hydrogens (tertiary/aromatic N) is 4. The number of benzene rings is 4. The largest absolute Gasteiger partial charge is 0.278 e. The van der Waals surface area contributed by atoms with Crippen LogP contribution in [0, 0.1) is 0 Å². The standard InChI is InChI=1S/C27H17ClN4/c28-20-12-8-11-19(17-20)26-29-25(18-9-2-1-3-10-18)30-27(31-26)32-23-15-6-4-13-21(23)22-14-5-7-16-24(22)32/h1-17H. The summed E-state index contributed by atoms with van der Waals surface area (Å²) in [5.74, 6) is 1.77. The summed E-state index contributed by atoms with van der Waals surface area (Å²) < 4.78 is 2.10. The summed E-state index contributed by atoms with van der Waals surface area (Å²) >= 11 is 6.27. The maximum atomic E-state index is 6.27. The second-order valence-electron chi connectivity index (χ2n) is 7.53. The van der Waals surface area contributed by atoms with Crippen LogP contribution in [-0.4, -0.2) is 19.5 Å². The normalized spacial score (nSPS) is 11.3. The van der Waals surface area contributed by atoms with Crippen LogP contribution in [0.15, 0.2) is 103 Å². The molecule has 0 aliphatic heterocycles. The zero-order valence-corrected chi connectivity index (χ0v) is 17.7. The molecule has 0 saturated heterocycles. The first-order valence-electron chi connectivity index (χ1n) is 10.3. The van der Waals surface area contributed by atoms with Crippen LogP contribution in [-0.2, 0) is 0 Å². The van der Waals surface area contributed by atoms with E-state index in [0.717, 1.165) is 32.9 Å². The quantitative estimate of drug-likeness (QED) is 0.303. The van der Waals surface area contributed by atoms with Gasteiger partial charge in [0.15, 0.2) is 11.6 Å². The predicted octanol–water partition coefficient (Wildman–Crippen LogP) is 6.96. The third-order valence-corrected chi connectivity index (χ3v) is 5.75. The molecule has 152 valence electrons. The van der Waals surface area contributed by atoms with Gasteiger partial charge in [-0.1, -0.05) is 90.5 Å². The number of para-hydroxylation sites is 2. The molecule has 5 heteroatoms. The first kappa shape index (κ1) is 18.7. The van der Waals surface area contributed by atoms with Gasteiger partial charge in [-0.25, -0.2) is 4.98 Å². The molecule has 0 radical (unpaired) electrons. The zero-order valence-electron chi connectivity index (χ0n) is 17.0. The van der Waals surface area contributed by atoms with Gasteiger partial charge in [-0.05, 0) is 24.3 Å². The van der Waals surface area contributed by atoms with Crippen molar-refractivity contribution in [3.8, 4) is 28.7 Å². The predicted molar refractivity (Wildman–Crippen MR) is 130 cm³/mol. The molecule has 0 unspecified atom stereocenters. The van der Waals surface area contributed by atoms with Gasteiger partial charge in [0.25, 0.3) is 0 Å². The lowest BCUT2D eigenvalue weighted by atomic mass is 10.2. The number of fused-ring (bicyclic) bond motifs is 3. The highest BCUT2D eigenvalue weighted by Crippen LogP contribution is 2.32. The van der Waals surface area contributed by atoms with Crippen LogP contribution in [0.1, 0.15) is 0 Å². The van der Waals surface area contributed by atoms with Gasteiger partial charge in [-0.2, -0.15) is 9.97 Å². The van der Waals surface area contributed by atoms with E-state index in [4.69, 9.17) is 26.6 Å². The van der Waals surface area contributed by atoms with Gasteiger partial charge in [0.1, 0.15) is 0 Å². The van der Waals surface area contributed by atoms with E-state index in [9.17, 15) is 0 Å². The van der Waals surface area contributed by atoms with Gasteiger partial charge in [-0.15, -0.1) is 0 Å². The summed E-state index contributed by atoms with van der Waals surface area (Å²) in [6.45, 7) is 0. The van der Waals surface area contributed by atoms with Crippen molar-refractivity contribution in [1.82, 2.24) is 19.5 Å². The molecular weight excluding hydrogens is 416 g/mol. The van der Waals surface area contributed by atoms with Crippen molar-refractivity contribution < 1.29 is 0 Å². The first-order chi connectivity index (χ1) is 15.8. The highest BCUT2D eigenvalue weighted by Gasteiger charge is 2.17. The average Bonchev–Trinajstić information content (AvgIpc) is 3.19. The SMILES string of the molecule is Clc1cccc(-c2nc(-c3ccccc3)nc(-n3c4ccccc4c4ccccc43)n2)c1. The van der Waals surface area contributed by atoms with Crippen LogP contribution in [0.4, 0.5) is 0 Å². The topological polar surface area (TPSA) is 43.6 Å².